The molecule has 98 heavy (non-hydrogen) atoms. The minimum atomic E-state index is -5.26. The predicted octanol–water partition coefficient (Wildman–Crippen LogP) is 2.19. The van der Waals surface area contributed by atoms with Crippen LogP contribution in [0, 0.1) is 17.8 Å². The third kappa shape index (κ3) is 19.6. The molecule has 8 unspecified atom stereocenters. The minimum Gasteiger partial charge on any atom is -0.445 e. The Labute approximate surface area is 567 Å². The molecular formula is C59H87N17O19P2S. The zero-order valence-electron chi connectivity index (χ0n) is 54.8. The number of primary amides is 1. The molecule has 36 nitrogen and oxygen atoms in total. The highest BCUT2D eigenvalue weighted by atomic mass is 32.2. The standard InChI is InChI=1S/C59H87N17O19P2S/c1-6-59(5,7-2)98-39-23-41(79)74(53(39)84)22-10-8-9-15-40(78)71-42(31(3)4)51(82)70-36(14-12-20-63-57(62)85)50(81)69-33-18-16-32(17-19-33)25-91-58(86)64-21-11-13-34-37(24-77)93-55(76-30-68-44-49(76)72-56(61)73-52(44)83)46(34)95-97(89,90)92-26-38-35(27-96(87)88)45(80)54(94-38)75-29-67-43-47(60)65-28-66-48(43)75/h16-19,28-31,34-39,42,45-46,54-55,77,80,96H,6-15,20-27H2,1-5H3,(H,64,86)(H,69,81)(H,70,82)(H,71,78)(H,87,88)(H,89,90)(H2,60,65,66)(H3,62,63,85)(H3,61,72,73,83)/t34?,35?,36-,37+,38+,39?,42?,45?,46?,54+,55+/m0/s1. The van der Waals surface area contributed by atoms with Gasteiger partial charge in [-0.2, -0.15) is 4.98 Å². The van der Waals surface area contributed by atoms with Crippen LogP contribution < -0.4 is 49.3 Å². The van der Waals surface area contributed by atoms with Crippen LogP contribution in [0.2, 0.25) is 0 Å². The lowest BCUT2D eigenvalue weighted by Crippen LogP contribution is -2.54. The number of unbranched alkanes of at least 4 members (excludes halogenated alkanes) is 2. The lowest BCUT2D eigenvalue weighted by atomic mass is 9.93. The third-order valence-corrected chi connectivity index (χ3v) is 21.1. The van der Waals surface area contributed by atoms with E-state index in [1.54, 1.807) is 49.9 Å². The Kier molecular flexibility index (Phi) is 26.7. The Hall–Kier alpha value is -7.70. The van der Waals surface area contributed by atoms with Crippen LogP contribution in [0.25, 0.3) is 22.3 Å². The number of benzene rings is 1. The Balaban J connectivity index is 0.830. The number of imide groups is 1. The number of carbonyl (C=O) groups excluding carboxylic acids is 7. The molecule has 39 heteroatoms. The smallest absolute Gasteiger partial charge is 0.445 e. The molecule has 1 aromatic carbocycles. The van der Waals surface area contributed by atoms with E-state index in [0.29, 0.717) is 30.5 Å². The highest BCUT2D eigenvalue weighted by molar-refractivity contribution is 8.02. The maximum absolute atomic E-state index is 14.1. The number of thioether (sulfide) groups is 1. The monoisotopic (exact) mass is 1430 g/mol. The molecule has 0 aliphatic carbocycles. The number of imidazole rings is 2. The summed E-state index contributed by atoms with van der Waals surface area (Å²) in [6, 6.07) is 3.31. The van der Waals surface area contributed by atoms with E-state index in [4.69, 9.17) is 40.5 Å². The fraction of sp³-hybridized carbons (Fsp3) is 0.610. The van der Waals surface area contributed by atoms with Crippen molar-refractivity contribution in [3.63, 3.8) is 0 Å². The molecule has 3 aliphatic rings. The molecule has 8 amide bonds. The van der Waals surface area contributed by atoms with Gasteiger partial charge in [0, 0.05) is 60.9 Å². The van der Waals surface area contributed by atoms with Crippen molar-refractivity contribution >= 4 is 109 Å². The number of hydrogen-bond donors (Lipinski definition) is 13. The fourth-order valence-electron chi connectivity index (χ4n) is 11.8. The summed E-state index contributed by atoms with van der Waals surface area (Å²) in [5.74, 6) is -4.74. The zero-order valence-corrected chi connectivity index (χ0v) is 57.5. The largest absolute Gasteiger partial charge is 0.472 e. The number of H-pyrrole nitrogens is 1. The van der Waals surface area contributed by atoms with E-state index in [9.17, 15) is 67.5 Å². The number of anilines is 3. The van der Waals surface area contributed by atoms with Crippen LogP contribution in [0.3, 0.4) is 0 Å². The van der Waals surface area contributed by atoms with Crippen LogP contribution in [-0.2, 0) is 63.0 Å². The summed E-state index contributed by atoms with van der Waals surface area (Å²) in [6.07, 6.45) is -1.83. The molecule has 5 aromatic rings. The lowest BCUT2D eigenvalue weighted by molar-refractivity contribution is -0.138. The number of likely N-dealkylation sites (tertiary alicyclic amines) is 1. The van der Waals surface area contributed by atoms with Crippen molar-refractivity contribution < 1.29 is 85.9 Å². The number of amides is 8. The second-order valence-corrected chi connectivity index (χ2v) is 29.1. The Morgan fingerprint density at radius 2 is 1.58 bits per heavy atom. The normalized spacial score (nSPS) is 22.6. The number of nitrogens with one attached hydrogen (secondary N) is 6. The van der Waals surface area contributed by atoms with E-state index >= 15 is 0 Å². The van der Waals surface area contributed by atoms with Gasteiger partial charge in [0.2, 0.25) is 35.5 Å². The van der Waals surface area contributed by atoms with Crippen LogP contribution in [0.15, 0.2) is 48.0 Å². The van der Waals surface area contributed by atoms with Crippen molar-refractivity contribution in [1.29, 1.82) is 0 Å². The molecule has 0 spiro atoms. The number of hydrogen-bond acceptors (Lipinski definition) is 25. The van der Waals surface area contributed by atoms with E-state index in [1.807, 2.05) is 0 Å². The van der Waals surface area contributed by atoms with Gasteiger partial charge in [-0.05, 0) is 75.0 Å². The number of aromatic amines is 1. The number of carbonyl (C=O) groups is 7. The molecule has 538 valence electrons. The van der Waals surface area contributed by atoms with Gasteiger partial charge in [-0.1, -0.05) is 53.2 Å². The quantitative estimate of drug-likeness (QED) is 0.0155. The first-order chi connectivity index (χ1) is 46.6. The molecule has 16 N–H and O–H groups in total. The molecule has 13 atom stereocenters. The van der Waals surface area contributed by atoms with Gasteiger partial charge in [0.1, 0.15) is 42.7 Å². The minimum absolute atomic E-state index is 0.0308. The third-order valence-electron chi connectivity index (χ3n) is 17.5. The van der Waals surface area contributed by atoms with E-state index in [1.165, 1.54) is 20.4 Å². The topological polar surface area (TPSA) is 529 Å². The molecule has 7 heterocycles. The molecule has 8 rings (SSSR count). The summed E-state index contributed by atoms with van der Waals surface area (Å²) >= 11 is 1.56. The Bertz CT molecular complexity index is 3770. The molecule has 3 aliphatic heterocycles. The number of urea groups is 1. The number of phosphoric ester groups is 1. The average molecular weight is 1430 g/mol. The highest BCUT2D eigenvalue weighted by Crippen LogP contribution is 2.53. The van der Waals surface area contributed by atoms with Gasteiger partial charge in [-0.15, -0.1) is 11.8 Å². The van der Waals surface area contributed by atoms with E-state index in [-0.39, 0.29) is 115 Å². The zero-order chi connectivity index (χ0) is 71.2. The van der Waals surface area contributed by atoms with E-state index in [0.717, 1.165) is 25.5 Å². The number of nitrogens with zero attached hydrogens (tertiary/aromatic N) is 8. The second kappa shape index (κ2) is 34.4. The molecule has 3 fully saturated rings. The van der Waals surface area contributed by atoms with Crippen molar-refractivity contribution in [3.05, 3.63) is 59.2 Å². The van der Waals surface area contributed by atoms with Crippen molar-refractivity contribution in [2.75, 3.05) is 55.8 Å². The van der Waals surface area contributed by atoms with Gasteiger partial charge >= 0.3 is 19.9 Å². The van der Waals surface area contributed by atoms with Gasteiger partial charge in [-0.25, -0.2) is 34.1 Å². The number of ether oxygens (including phenoxy) is 3. The summed E-state index contributed by atoms with van der Waals surface area (Å²) in [5.41, 5.74) is 17.2. The van der Waals surface area contributed by atoms with Crippen LogP contribution >= 0.6 is 27.6 Å². The molecule has 4 aromatic heterocycles. The summed E-state index contributed by atoms with van der Waals surface area (Å²) in [6.45, 7) is 8.38. The van der Waals surface area contributed by atoms with Crippen LogP contribution in [-0.4, -0.2) is 191 Å². The van der Waals surface area contributed by atoms with Crippen LogP contribution in [0.1, 0.15) is 123 Å². The van der Waals surface area contributed by atoms with Gasteiger partial charge < -0.3 is 78.0 Å². The second-order valence-electron chi connectivity index (χ2n) is 24.7. The van der Waals surface area contributed by atoms with Gasteiger partial charge in [0.25, 0.3) is 5.56 Å². The van der Waals surface area contributed by atoms with Crippen molar-refractivity contribution in [2.24, 2.45) is 23.5 Å². The summed E-state index contributed by atoms with van der Waals surface area (Å²) in [4.78, 5) is 150. The van der Waals surface area contributed by atoms with Gasteiger partial charge in [0.05, 0.1) is 43.3 Å². The number of alkyl carbamates (subject to hydrolysis) is 1. The number of aliphatic hydroxyl groups is 2. The number of rotatable bonds is 36. The first-order valence-electron chi connectivity index (χ1n) is 32.2. The number of fused-ring (bicyclic) bond motifs is 2. The molecule has 3 saturated heterocycles. The first-order valence-corrected chi connectivity index (χ1v) is 36.1. The lowest BCUT2D eigenvalue weighted by Gasteiger charge is -2.28. The van der Waals surface area contributed by atoms with Gasteiger partial charge in [0.15, 0.2) is 43.1 Å². The first kappa shape index (κ1) is 76.1. The van der Waals surface area contributed by atoms with Gasteiger partial charge in [-0.3, -0.25) is 61.4 Å². The summed E-state index contributed by atoms with van der Waals surface area (Å²) in [5, 5.41) is 35.0. The molecule has 0 bridgehead atoms. The molecule has 0 radical (unpaired) electrons. The number of nitrogens with two attached hydrogens (primary N) is 3. The summed E-state index contributed by atoms with van der Waals surface area (Å²) < 4.78 is 57.9. The van der Waals surface area contributed by atoms with E-state index < -0.39 is 143 Å². The number of phosphoric acid groups is 1. The van der Waals surface area contributed by atoms with Crippen molar-refractivity contribution in [1.82, 2.24) is 65.2 Å². The maximum Gasteiger partial charge on any atom is 0.472 e. The fourth-order valence-corrected chi connectivity index (χ4v) is 15.1. The number of aromatic nitrogens is 8. The SMILES string of the molecule is CCC(C)(CC)SC1CC(=O)N(CCCCCC(=O)NC(C(=O)N[C@@H](CCCNC(N)=O)C(=O)Nc2ccc(COC(=O)NCCCC3C(OP(=O)(O)OC[C@H]4O[C@@H](n5cnc6c(N)ncnc65)C(O)C4C[PH](=O)O)[C@H](n4cnc5c(=O)[nH]c(N)nc54)O[C@@H]3CO)cc2)C(C)C)C1=O. The van der Waals surface area contributed by atoms with Crippen molar-refractivity contribution in [2.45, 2.75) is 171 Å². The predicted molar refractivity (Wildman–Crippen MR) is 355 cm³/mol. The van der Waals surface area contributed by atoms with Crippen LogP contribution in [0.4, 0.5) is 27.0 Å². The Morgan fingerprint density at radius 3 is 2.27 bits per heavy atom. The summed E-state index contributed by atoms with van der Waals surface area (Å²) in [7, 11) is -8.54. The molecular weight excluding hydrogens is 1340 g/mol. The number of nitrogen functional groups attached to an aromatic ring is 2. The number of aliphatic hydroxyl groups excluding tert-OH is 2. The van der Waals surface area contributed by atoms with Crippen LogP contribution in [0.5, 0.6) is 0 Å². The maximum atomic E-state index is 14.1. The average Bonchev–Trinajstić information content (AvgIpc) is 1.61. The Morgan fingerprint density at radius 1 is 0.888 bits per heavy atom. The highest BCUT2D eigenvalue weighted by Gasteiger charge is 2.51. The van der Waals surface area contributed by atoms with E-state index in [2.05, 4.69) is 77.3 Å². The molecule has 0 saturated carbocycles. The van der Waals surface area contributed by atoms with Crippen molar-refractivity contribution in [3.8, 4) is 0 Å².